The number of hydrogen-bond donors (Lipinski definition) is 0. The molecule has 0 unspecified atom stereocenters. The maximum atomic E-state index is 4.23. The van der Waals surface area contributed by atoms with Gasteiger partial charge < -0.3 is 0 Å². The summed E-state index contributed by atoms with van der Waals surface area (Å²) in [6.07, 6.45) is 1.99. The highest BCUT2D eigenvalue weighted by Crippen LogP contribution is 2.16. The summed E-state index contributed by atoms with van der Waals surface area (Å²) in [6.45, 7) is 2.87. The molecule has 0 aliphatic carbocycles. The average Bonchev–Trinajstić information content (AvgIpc) is 2.91. The molecule has 3 nitrogen and oxygen atoms in total. The molecule has 0 atom stereocenters. The molecular formula is C16H15N3. The second-order valence-corrected chi connectivity index (χ2v) is 4.59. The molecular weight excluding hydrogens is 234 g/mol. The zero-order valence-corrected chi connectivity index (χ0v) is 10.8. The molecule has 3 rings (SSSR count). The molecule has 0 aliphatic rings. The Morgan fingerprint density at radius 2 is 1.68 bits per heavy atom. The molecule has 0 fully saturated rings. The Labute approximate surface area is 112 Å². The van der Waals surface area contributed by atoms with Crippen LogP contribution in [0.5, 0.6) is 0 Å². The molecule has 1 heterocycles. The number of nitrogens with zero attached hydrogens (tertiary/aromatic N) is 3. The lowest BCUT2D eigenvalue weighted by atomic mass is 10.1. The van der Waals surface area contributed by atoms with E-state index in [-0.39, 0.29) is 0 Å². The Morgan fingerprint density at radius 3 is 2.47 bits per heavy atom. The van der Waals surface area contributed by atoms with E-state index < -0.39 is 0 Å². The standard InChI is InChI=1S/C16H15N3/c1-13-7-5-6-10-15(13)11-19-12-16(17-18-19)14-8-3-2-4-9-14/h2-10,12H,11H2,1H3. The van der Waals surface area contributed by atoms with E-state index in [1.54, 1.807) is 0 Å². The zero-order valence-electron chi connectivity index (χ0n) is 10.8. The van der Waals surface area contributed by atoms with E-state index in [0.717, 1.165) is 17.8 Å². The van der Waals surface area contributed by atoms with Crippen LogP contribution in [0.3, 0.4) is 0 Å². The molecule has 2 aromatic carbocycles. The smallest absolute Gasteiger partial charge is 0.113 e. The van der Waals surface area contributed by atoms with Gasteiger partial charge in [-0.15, -0.1) is 5.10 Å². The number of hydrogen-bond acceptors (Lipinski definition) is 2. The number of aryl methyl sites for hydroxylation is 1. The minimum atomic E-state index is 0.756. The van der Waals surface area contributed by atoms with Crippen molar-refractivity contribution in [1.29, 1.82) is 0 Å². The first kappa shape index (κ1) is 11.7. The average molecular weight is 249 g/mol. The third-order valence-electron chi connectivity index (χ3n) is 3.20. The van der Waals surface area contributed by atoms with Crippen molar-refractivity contribution >= 4 is 0 Å². The van der Waals surface area contributed by atoms with Crippen LogP contribution in [0.1, 0.15) is 11.1 Å². The molecule has 0 saturated heterocycles. The van der Waals surface area contributed by atoms with E-state index in [0.29, 0.717) is 0 Å². The first-order chi connectivity index (χ1) is 9.33. The molecule has 0 aliphatic heterocycles. The Hall–Kier alpha value is -2.42. The van der Waals surface area contributed by atoms with Gasteiger partial charge in [-0.1, -0.05) is 59.8 Å². The van der Waals surface area contributed by atoms with Crippen molar-refractivity contribution < 1.29 is 0 Å². The molecule has 1 aromatic heterocycles. The molecule has 0 saturated carbocycles. The molecule has 0 amide bonds. The van der Waals surface area contributed by atoms with Crippen LogP contribution in [-0.2, 0) is 6.54 Å². The first-order valence-electron chi connectivity index (χ1n) is 6.33. The Balaban J connectivity index is 1.85. The normalized spacial score (nSPS) is 10.6. The molecule has 94 valence electrons. The molecule has 0 spiro atoms. The van der Waals surface area contributed by atoms with Crippen molar-refractivity contribution in [1.82, 2.24) is 15.0 Å². The van der Waals surface area contributed by atoms with Crippen LogP contribution in [0.15, 0.2) is 60.8 Å². The summed E-state index contributed by atoms with van der Waals surface area (Å²) in [5.41, 5.74) is 4.55. The van der Waals surface area contributed by atoms with Gasteiger partial charge in [0, 0.05) is 5.56 Å². The summed E-state index contributed by atoms with van der Waals surface area (Å²) in [6, 6.07) is 18.5. The van der Waals surface area contributed by atoms with Crippen molar-refractivity contribution in [2.24, 2.45) is 0 Å². The van der Waals surface area contributed by atoms with Crippen molar-refractivity contribution in [2.75, 3.05) is 0 Å². The van der Waals surface area contributed by atoms with Crippen LogP contribution in [-0.4, -0.2) is 15.0 Å². The summed E-state index contributed by atoms with van der Waals surface area (Å²) in [5.74, 6) is 0. The predicted octanol–water partition coefficient (Wildman–Crippen LogP) is 3.30. The van der Waals surface area contributed by atoms with Gasteiger partial charge >= 0.3 is 0 Å². The van der Waals surface area contributed by atoms with E-state index in [1.165, 1.54) is 11.1 Å². The van der Waals surface area contributed by atoms with Gasteiger partial charge in [0.1, 0.15) is 5.69 Å². The Kier molecular flexibility index (Phi) is 3.11. The third kappa shape index (κ3) is 2.55. The van der Waals surface area contributed by atoms with Crippen molar-refractivity contribution in [2.45, 2.75) is 13.5 Å². The minimum Gasteiger partial charge on any atom is -0.247 e. The maximum absolute atomic E-state index is 4.23. The lowest BCUT2D eigenvalue weighted by Crippen LogP contribution is -2.01. The van der Waals surface area contributed by atoms with Crippen molar-refractivity contribution in [3.05, 3.63) is 71.9 Å². The fourth-order valence-electron chi connectivity index (χ4n) is 2.08. The van der Waals surface area contributed by atoms with E-state index in [4.69, 9.17) is 0 Å². The summed E-state index contributed by atoms with van der Waals surface area (Å²) in [5, 5.41) is 8.42. The fourth-order valence-corrected chi connectivity index (χ4v) is 2.08. The summed E-state index contributed by atoms with van der Waals surface area (Å²) in [7, 11) is 0. The second-order valence-electron chi connectivity index (χ2n) is 4.59. The Bertz CT molecular complexity index is 671. The van der Waals surface area contributed by atoms with E-state index in [9.17, 15) is 0 Å². The predicted molar refractivity (Wildman–Crippen MR) is 75.7 cm³/mol. The van der Waals surface area contributed by atoms with Crippen LogP contribution >= 0.6 is 0 Å². The highest BCUT2D eigenvalue weighted by atomic mass is 15.4. The molecule has 0 bridgehead atoms. The number of rotatable bonds is 3. The lowest BCUT2D eigenvalue weighted by Gasteiger charge is -2.04. The molecule has 19 heavy (non-hydrogen) atoms. The summed E-state index contributed by atoms with van der Waals surface area (Å²) in [4.78, 5) is 0. The molecule has 0 N–H and O–H groups in total. The highest BCUT2D eigenvalue weighted by Gasteiger charge is 2.04. The van der Waals surface area contributed by atoms with Crippen molar-refractivity contribution in [3.8, 4) is 11.3 Å². The van der Waals surface area contributed by atoms with Gasteiger partial charge in [-0.25, -0.2) is 4.68 Å². The van der Waals surface area contributed by atoms with Gasteiger partial charge in [-0.3, -0.25) is 0 Å². The van der Waals surface area contributed by atoms with Crippen LogP contribution in [0.25, 0.3) is 11.3 Å². The van der Waals surface area contributed by atoms with Gasteiger partial charge in [0.05, 0.1) is 12.7 Å². The third-order valence-corrected chi connectivity index (χ3v) is 3.20. The zero-order chi connectivity index (χ0) is 13.1. The van der Waals surface area contributed by atoms with Gasteiger partial charge in [-0.05, 0) is 18.1 Å². The first-order valence-corrected chi connectivity index (χ1v) is 6.33. The molecule has 3 aromatic rings. The fraction of sp³-hybridized carbons (Fsp3) is 0.125. The Morgan fingerprint density at radius 1 is 0.947 bits per heavy atom. The van der Waals surface area contributed by atoms with E-state index in [2.05, 4.69) is 41.5 Å². The van der Waals surface area contributed by atoms with Crippen molar-refractivity contribution in [3.63, 3.8) is 0 Å². The topological polar surface area (TPSA) is 30.7 Å². The van der Waals surface area contributed by atoms with Crippen LogP contribution in [0.4, 0.5) is 0 Å². The van der Waals surface area contributed by atoms with Gasteiger partial charge in [0.2, 0.25) is 0 Å². The lowest BCUT2D eigenvalue weighted by molar-refractivity contribution is 0.647. The molecule has 0 radical (unpaired) electrons. The highest BCUT2D eigenvalue weighted by molar-refractivity contribution is 5.57. The summed E-state index contributed by atoms with van der Waals surface area (Å²) >= 11 is 0. The quantitative estimate of drug-likeness (QED) is 0.713. The van der Waals surface area contributed by atoms with Gasteiger partial charge in [0.15, 0.2) is 0 Å². The number of aromatic nitrogens is 3. The number of benzene rings is 2. The van der Waals surface area contributed by atoms with Gasteiger partial charge in [0.25, 0.3) is 0 Å². The van der Waals surface area contributed by atoms with Crippen LogP contribution in [0, 0.1) is 6.92 Å². The van der Waals surface area contributed by atoms with Crippen LogP contribution < -0.4 is 0 Å². The van der Waals surface area contributed by atoms with E-state index in [1.807, 2.05) is 41.2 Å². The monoisotopic (exact) mass is 249 g/mol. The van der Waals surface area contributed by atoms with Gasteiger partial charge in [-0.2, -0.15) is 0 Å². The van der Waals surface area contributed by atoms with E-state index >= 15 is 0 Å². The largest absolute Gasteiger partial charge is 0.247 e. The maximum Gasteiger partial charge on any atom is 0.113 e. The second kappa shape index (κ2) is 5.06. The molecule has 3 heteroatoms. The summed E-state index contributed by atoms with van der Waals surface area (Å²) < 4.78 is 1.88. The minimum absolute atomic E-state index is 0.756. The SMILES string of the molecule is Cc1ccccc1Cn1cc(-c2ccccc2)nn1. The van der Waals surface area contributed by atoms with Crippen LogP contribution in [0.2, 0.25) is 0 Å².